The first-order valence-electron chi connectivity index (χ1n) is 5.12. The molecular formula is C12H17NO. The maximum Gasteiger partial charge on any atom is 0.142 e. The fourth-order valence-corrected chi connectivity index (χ4v) is 2.16. The minimum absolute atomic E-state index is 0.649. The molecule has 0 aromatic heterocycles. The van der Waals surface area contributed by atoms with Gasteiger partial charge in [0.2, 0.25) is 0 Å². The predicted octanol–water partition coefficient (Wildman–Crippen LogP) is 2.64. The smallest absolute Gasteiger partial charge is 0.142 e. The lowest BCUT2D eigenvalue weighted by Crippen LogP contribution is -2.26. The van der Waals surface area contributed by atoms with E-state index >= 15 is 0 Å². The van der Waals surface area contributed by atoms with Crippen LogP contribution in [0.15, 0.2) is 18.2 Å². The van der Waals surface area contributed by atoms with Crippen LogP contribution in [0.2, 0.25) is 0 Å². The third-order valence-electron chi connectivity index (χ3n) is 3.06. The molecule has 2 heteroatoms. The van der Waals surface area contributed by atoms with Gasteiger partial charge in [0.15, 0.2) is 0 Å². The average molecular weight is 191 g/mol. The van der Waals surface area contributed by atoms with Crippen molar-refractivity contribution in [2.75, 3.05) is 25.6 Å². The van der Waals surface area contributed by atoms with Gasteiger partial charge in [0.05, 0.1) is 12.8 Å². The lowest BCUT2D eigenvalue weighted by Gasteiger charge is -2.32. The summed E-state index contributed by atoms with van der Waals surface area (Å²) in [6.07, 6.45) is 1.23. The van der Waals surface area contributed by atoms with Gasteiger partial charge in [-0.15, -0.1) is 0 Å². The molecule has 0 N–H and O–H groups in total. The van der Waals surface area contributed by atoms with E-state index in [-0.39, 0.29) is 0 Å². The van der Waals surface area contributed by atoms with Crippen molar-refractivity contribution in [2.24, 2.45) is 0 Å². The molecule has 0 saturated carbocycles. The van der Waals surface area contributed by atoms with Crippen LogP contribution >= 0.6 is 0 Å². The summed E-state index contributed by atoms with van der Waals surface area (Å²) in [6, 6.07) is 6.32. The van der Waals surface area contributed by atoms with Crippen LogP contribution in [-0.2, 0) is 0 Å². The number of benzene rings is 1. The molecule has 1 aliphatic heterocycles. The van der Waals surface area contributed by atoms with Crippen LogP contribution in [0.4, 0.5) is 5.69 Å². The van der Waals surface area contributed by atoms with Gasteiger partial charge >= 0.3 is 0 Å². The lowest BCUT2D eigenvalue weighted by molar-refractivity contribution is 0.412. The second-order valence-electron chi connectivity index (χ2n) is 4.01. The summed E-state index contributed by atoms with van der Waals surface area (Å²) in [5.41, 5.74) is 2.69. The largest absolute Gasteiger partial charge is 0.495 e. The van der Waals surface area contributed by atoms with Gasteiger partial charge in [-0.25, -0.2) is 0 Å². The van der Waals surface area contributed by atoms with E-state index in [2.05, 4.69) is 31.0 Å². The van der Waals surface area contributed by atoms with Gasteiger partial charge in [0.1, 0.15) is 5.75 Å². The zero-order valence-electron chi connectivity index (χ0n) is 9.08. The Hall–Kier alpha value is -1.18. The molecule has 0 fully saturated rings. The number of hydrogen-bond acceptors (Lipinski definition) is 2. The van der Waals surface area contributed by atoms with Crippen LogP contribution in [-0.4, -0.2) is 20.7 Å². The number of ether oxygens (including phenoxy) is 1. The molecule has 14 heavy (non-hydrogen) atoms. The molecule has 0 amide bonds. The first-order chi connectivity index (χ1) is 6.74. The molecule has 76 valence electrons. The van der Waals surface area contributed by atoms with Crippen LogP contribution in [0.25, 0.3) is 0 Å². The molecule has 0 radical (unpaired) electrons. The number of para-hydroxylation sites is 1. The van der Waals surface area contributed by atoms with Gasteiger partial charge in [0, 0.05) is 13.6 Å². The van der Waals surface area contributed by atoms with Gasteiger partial charge in [0.25, 0.3) is 0 Å². The zero-order valence-corrected chi connectivity index (χ0v) is 9.08. The van der Waals surface area contributed by atoms with Gasteiger partial charge in [-0.2, -0.15) is 0 Å². The average Bonchev–Trinajstić information content (AvgIpc) is 2.23. The fourth-order valence-electron chi connectivity index (χ4n) is 2.16. The summed E-state index contributed by atoms with van der Waals surface area (Å²) in [5, 5.41) is 0. The highest BCUT2D eigenvalue weighted by atomic mass is 16.5. The Kier molecular flexibility index (Phi) is 2.36. The molecule has 0 saturated heterocycles. The Labute approximate surface area is 85.5 Å². The second-order valence-corrected chi connectivity index (χ2v) is 4.01. The van der Waals surface area contributed by atoms with Crippen LogP contribution in [0, 0.1) is 0 Å². The van der Waals surface area contributed by atoms with Crippen LogP contribution in [0.5, 0.6) is 5.75 Å². The monoisotopic (exact) mass is 191 g/mol. The maximum absolute atomic E-state index is 5.39. The SMILES string of the molecule is COc1cccc2c1N(C)CC[C@H]2C. The van der Waals surface area contributed by atoms with E-state index in [1.54, 1.807) is 7.11 Å². The Balaban J connectivity index is 2.54. The van der Waals surface area contributed by atoms with Crippen LogP contribution < -0.4 is 9.64 Å². The second kappa shape index (κ2) is 3.52. The topological polar surface area (TPSA) is 12.5 Å². The van der Waals surface area contributed by atoms with Gasteiger partial charge in [-0.3, -0.25) is 0 Å². The van der Waals surface area contributed by atoms with E-state index in [0.717, 1.165) is 12.3 Å². The molecule has 2 nitrogen and oxygen atoms in total. The van der Waals surface area contributed by atoms with Crippen molar-refractivity contribution in [1.29, 1.82) is 0 Å². The van der Waals surface area contributed by atoms with Gasteiger partial charge in [-0.1, -0.05) is 19.1 Å². The number of anilines is 1. The standard InChI is InChI=1S/C12H17NO/c1-9-7-8-13(2)12-10(9)5-4-6-11(12)14-3/h4-6,9H,7-8H2,1-3H3/t9-/m1/s1. The maximum atomic E-state index is 5.39. The van der Waals surface area contributed by atoms with E-state index in [1.165, 1.54) is 17.7 Å². The molecule has 0 bridgehead atoms. The van der Waals surface area contributed by atoms with Gasteiger partial charge in [-0.05, 0) is 24.0 Å². The first kappa shape index (κ1) is 9.38. The Morgan fingerprint density at radius 2 is 2.21 bits per heavy atom. The van der Waals surface area contributed by atoms with Gasteiger partial charge < -0.3 is 9.64 Å². The van der Waals surface area contributed by atoms with Crippen molar-refractivity contribution >= 4 is 5.69 Å². The minimum atomic E-state index is 0.649. The quantitative estimate of drug-likeness (QED) is 0.676. The summed E-state index contributed by atoms with van der Waals surface area (Å²) in [7, 11) is 3.87. The van der Waals surface area contributed by atoms with E-state index in [1.807, 2.05) is 6.07 Å². The molecule has 0 aliphatic carbocycles. The molecule has 1 heterocycles. The Morgan fingerprint density at radius 3 is 2.93 bits per heavy atom. The minimum Gasteiger partial charge on any atom is -0.495 e. The third kappa shape index (κ3) is 1.35. The predicted molar refractivity (Wildman–Crippen MR) is 59.3 cm³/mol. The molecule has 1 atom stereocenters. The summed E-state index contributed by atoms with van der Waals surface area (Å²) in [5.74, 6) is 1.65. The highest BCUT2D eigenvalue weighted by molar-refractivity contribution is 5.65. The van der Waals surface area contributed by atoms with Crippen molar-refractivity contribution in [2.45, 2.75) is 19.3 Å². The third-order valence-corrected chi connectivity index (χ3v) is 3.06. The zero-order chi connectivity index (χ0) is 10.1. The molecule has 1 aromatic rings. The van der Waals surface area contributed by atoms with E-state index in [4.69, 9.17) is 4.74 Å². The molecule has 1 aliphatic rings. The van der Waals surface area contributed by atoms with Crippen molar-refractivity contribution in [1.82, 2.24) is 0 Å². The number of methoxy groups -OCH3 is 1. The molecule has 2 rings (SSSR count). The van der Waals surface area contributed by atoms with E-state index < -0.39 is 0 Å². The number of hydrogen-bond donors (Lipinski definition) is 0. The number of fused-ring (bicyclic) bond motifs is 1. The molecule has 1 aromatic carbocycles. The lowest BCUT2D eigenvalue weighted by atomic mass is 9.91. The summed E-state index contributed by atoms with van der Waals surface area (Å²) in [6.45, 7) is 3.40. The molecule has 0 unspecified atom stereocenters. The molecule has 0 spiro atoms. The number of rotatable bonds is 1. The van der Waals surface area contributed by atoms with Crippen LogP contribution in [0.1, 0.15) is 24.8 Å². The normalized spacial score (nSPS) is 20.5. The highest BCUT2D eigenvalue weighted by Crippen LogP contribution is 2.40. The first-order valence-corrected chi connectivity index (χ1v) is 5.12. The molecular weight excluding hydrogens is 174 g/mol. The van der Waals surface area contributed by atoms with Crippen molar-refractivity contribution in [3.8, 4) is 5.75 Å². The van der Waals surface area contributed by atoms with Crippen molar-refractivity contribution in [3.05, 3.63) is 23.8 Å². The van der Waals surface area contributed by atoms with E-state index in [9.17, 15) is 0 Å². The summed E-state index contributed by atoms with van der Waals surface area (Å²) >= 11 is 0. The van der Waals surface area contributed by atoms with E-state index in [0.29, 0.717) is 5.92 Å². The number of nitrogens with zero attached hydrogens (tertiary/aromatic N) is 1. The fraction of sp³-hybridized carbons (Fsp3) is 0.500. The summed E-state index contributed by atoms with van der Waals surface area (Å²) in [4.78, 5) is 2.29. The van der Waals surface area contributed by atoms with Crippen LogP contribution in [0.3, 0.4) is 0 Å². The van der Waals surface area contributed by atoms with Crippen molar-refractivity contribution < 1.29 is 4.74 Å². The summed E-state index contributed by atoms with van der Waals surface area (Å²) < 4.78 is 5.39. The Bertz CT molecular complexity index is 335. The Morgan fingerprint density at radius 1 is 1.43 bits per heavy atom. The van der Waals surface area contributed by atoms with Crippen molar-refractivity contribution in [3.63, 3.8) is 0 Å². The highest BCUT2D eigenvalue weighted by Gasteiger charge is 2.22.